The van der Waals surface area contributed by atoms with Gasteiger partial charge in [0.15, 0.2) is 0 Å². The van der Waals surface area contributed by atoms with Crippen LogP contribution in [-0.2, 0) is 30.5 Å². The maximum atomic E-state index is 10.6. The number of aromatic hydroxyl groups is 1. The Bertz CT molecular complexity index is 466. The van der Waals surface area contributed by atoms with Crippen molar-refractivity contribution in [1.29, 1.82) is 0 Å². The fourth-order valence-corrected chi connectivity index (χ4v) is 3.41. The van der Waals surface area contributed by atoms with E-state index < -0.39 is 0 Å². The van der Waals surface area contributed by atoms with Crippen LogP contribution in [0.15, 0.2) is 6.07 Å². The van der Waals surface area contributed by atoms with Crippen LogP contribution in [0.4, 0.5) is 0 Å². The largest absolute Gasteiger partial charge is 0.508 e. The molecule has 0 spiro atoms. The maximum Gasteiger partial charge on any atom is 0.119 e. The van der Waals surface area contributed by atoms with Gasteiger partial charge in [-0.05, 0) is 79.7 Å². The SMILES string of the molecule is C=O.CCCCc1cc(O)c(CCCC)c(CCCC)c1CCCC. The Labute approximate surface area is 156 Å². The Morgan fingerprint density at radius 1 is 0.680 bits per heavy atom. The minimum absolute atomic E-state index is 0.566. The van der Waals surface area contributed by atoms with Crippen LogP contribution in [0.2, 0.25) is 0 Å². The number of carbonyl (C=O) groups is 1. The summed E-state index contributed by atoms with van der Waals surface area (Å²) < 4.78 is 0. The number of phenols is 1. The monoisotopic (exact) mass is 348 g/mol. The van der Waals surface area contributed by atoms with Gasteiger partial charge in [0.05, 0.1) is 0 Å². The van der Waals surface area contributed by atoms with Gasteiger partial charge in [-0.2, -0.15) is 0 Å². The molecule has 1 aromatic rings. The van der Waals surface area contributed by atoms with Gasteiger partial charge in [-0.15, -0.1) is 0 Å². The molecule has 1 aromatic carbocycles. The lowest BCUT2D eigenvalue weighted by Gasteiger charge is -2.21. The molecular formula is C23H40O2. The zero-order valence-electron chi connectivity index (χ0n) is 17.1. The van der Waals surface area contributed by atoms with Gasteiger partial charge in [-0.25, -0.2) is 0 Å². The number of phenolic OH excluding ortho intramolecular Hbond substituents is 1. The number of aryl methyl sites for hydroxylation is 1. The van der Waals surface area contributed by atoms with Crippen LogP contribution in [0, 0.1) is 0 Å². The molecule has 0 saturated carbocycles. The summed E-state index contributed by atoms with van der Waals surface area (Å²) in [4.78, 5) is 8.00. The molecule has 0 heterocycles. The van der Waals surface area contributed by atoms with Gasteiger partial charge >= 0.3 is 0 Å². The van der Waals surface area contributed by atoms with E-state index in [0.29, 0.717) is 5.75 Å². The van der Waals surface area contributed by atoms with Crippen LogP contribution in [0.1, 0.15) is 101 Å². The minimum atomic E-state index is 0.566. The van der Waals surface area contributed by atoms with E-state index in [1.807, 2.05) is 6.79 Å². The fourth-order valence-electron chi connectivity index (χ4n) is 3.41. The van der Waals surface area contributed by atoms with E-state index in [1.54, 1.807) is 5.56 Å². The zero-order valence-corrected chi connectivity index (χ0v) is 17.1. The summed E-state index contributed by atoms with van der Waals surface area (Å²) in [6.07, 6.45) is 14.2. The lowest BCUT2D eigenvalue weighted by atomic mass is 9.85. The van der Waals surface area contributed by atoms with Crippen LogP contribution >= 0.6 is 0 Å². The number of unbranched alkanes of at least 4 members (excludes halogenated alkanes) is 4. The molecule has 0 amide bonds. The second-order valence-electron chi connectivity index (χ2n) is 6.90. The Morgan fingerprint density at radius 3 is 1.56 bits per heavy atom. The third-order valence-electron chi connectivity index (χ3n) is 4.88. The first-order valence-corrected chi connectivity index (χ1v) is 10.3. The summed E-state index contributed by atoms with van der Waals surface area (Å²) in [5, 5.41) is 10.6. The van der Waals surface area contributed by atoms with Crippen molar-refractivity contribution in [2.45, 2.75) is 105 Å². The van der Waals surface area contributed by atoms with Gasteiger partial charge in [0, 0.05) is 0 Å². The maximum absolute atomic E-state index is 10.6. The van der Waals surface area contributed by atoms with Gasteiger partial charge in [0.25, 0.3) is 0 Å². The Balaban J connectivity index is 0.00000277. The number of carbonyl (C=O) groups excluding carboxylic acids is 1. The normalized spacial score (nSPS) is 10.4. The molecule has 1 N–H and O–H groups in total. The van der Waals surface area contributed by atoms with Crippen LogP contribution < -0.4 is 0 Å². The lowest BCUT2D eigenvalue weighted by molar-refractivity contribution is -0.0979. The van der Waals surface area contributed by atoms with E-state index in [2.05, 4.69) is 33.8 Å². The molecule has 25 heavy (non-hydrogen) atoms. The highest BCUT2D eigenvalue weighted by Crippen LogP contribution is 2.33. The molecule has 0 atom stereocenters. The second-order valence-corrected chi connectivity index (χ2v) is 6.90. The molecule has 0 bridgehead atoms. The van der Waals surface area contributed by atoms with E-state index in [0.717, 1.165) is 19.3 Å². The summed E-state index contributed by atoms with van der Waals surface area (Å²) in [7, 11) is 0. The first-order chi connectivity index (χ1) is 12.2. The van der Waals surface area contributed by atoms with Crippen molar-refractivity contribution in [3.05, 3.63) is 28.3 Å². The summed E-state index contributed by atoms with van der Waals surface area (Å²) >= 11 is 0. The molecular weight excluding hydrogens is 308 g/mol. The topological polar surface area (TPSA) is 37.3 Å². The van der Waals surface area contributed by atoms with Gasteiger partial charge in [0.1, 0.15) is 12.5 Å². The Kier molecular flexibility index (Phi) is 14.2. The van der Waals surface area contributed by atoms with Crippen molar-refractivity contribution in [3.8, 4) is 5.75 Å². The van der Waals surface area contributed by atoms with Crippen molar-refractivity contribution in [2.24, 2.45) is 0 Å². The van der Waals surface area contributed by atoms with E-state index in [4.69, 9.17) is 4.79 Å². The highest BCUT2D eigenvalue weighted by molar-refractivity contribution is 5.49. The highest BCUT2D eigenvalue weighted by Gasteiger charge is 2.16. The number of hydrogen-bond donors (Lipinski definition) is 1. The van der Waals surface area contributed by atoms with Crippen molar-refractivity contribution in [3.63, 3.8) is 0 Å². The molecule has 144 valence electrons. The van der Waals surface area contributed by atoms with Crippen molar-refractivity contribution in [1.82, 2.24) is 0 Å². The molecule has 0 fully saturated rings. The van der Waals surface area contributed by atoms with Gasteiger partial charge < -0.3 is 9.90 Å². The van der Waals surface area contributed by atoms with E-state index >= 15 is 0 Å². The second kappa shape index (κ2) is 15.0. The lowest BCUT2D eigenvalue weighted by Crippen LogP contribution is -2.07. The predicted octanol–water partition coefficient (Wildman–Crippen LogP) is 6.58. The van der Waals surface area contributed by atoms with Gasteiger partial charge in [-0.3, -0.25) is 0 Å². The first-order valence-electron chi connectivity index (χ1n) is 10.3. The standard InChI is InChI=1S/C22H38O.CH2O/c1-5-9-13-18-17-22(23)21(16-12-8-4)20(15-11-7-3)19(18)14-10-6-2;1-2/h17,23H,5-16H2,1-4H3;1H2. The van der Waals surface area contributed by atoms with Crippen LogP contribution in [0.25, 0.3) is 0 Å². The average molecular weight is 349 g/mol. The molecule has 0 saturated heterocycles. The quantitative estimate of drug-likeness (QED) is 0.463. The zero-order chi connectivity index (χ0) is 19.1. The van der Waals surface area contributed by atoms with Crippen LogP contribution in [0.3, 0.4) is 0 Å². The smallest absolute Gasteiger partial charge is 0.119 e. The molecule has 2 heteroatoms. The summed E-state index contributed by atoms with van der Waals surface area (Å²) in [6.45, 7) is 11.0. The number of hydrogen-bond acceptors (Lipinski definition) is 2. The molecule has 0 radical (unpaired) electrons. The minimum Gasteiger partial charge on any atom is -0.508 e. The van der Waals surface area contributed by atoms with E-state index in [-0.39, 0.29) is 0 Å². The Hall–Kier alpha value is -1.31. The molecule has 2 nitrogen and oxygen atoms in total. The van der Waals surface area contributed by atoms with Crippen LogP contribution in [-0.4, -0.2) is 11.9 Å². The molecule has 0 aliphatic heterocycles. The highest BCUT2D eigenvalue weighted by atomic mass is 16.3. The summed E-state index contributed by atoms with van der Waals surface area (Å²) in [6, 6.07) is 2.10. The summed E-state index contributed by atoms with van der Waals surface area (Å²) in [5.74, 6) is 0.566. The van der Waals surface area contributed by atoms with Crippen molar-refractivity contribution < 1.29 is 9.90 Å². The van der Waals surface area contributed by atoms with Gasteiger partial charge in [0.2, 0.25) is 0 Å². The predicted molar refractivity (Wildman–Crippen MR) is 110 cm³/mol. The molecule has 0 aliphatic rings. The van der Waals surface area contributed by atoms with E-state index in [1.165, 1.54) is 74.5 Å². The average Bonchev–Trinajstić information content (AvgIpc) is 2.64. The molecule has 0 aliphatic carbocycles. The third kappa shape index (κ3) is 8.07. The molecule has 0 aromatic heterocycles. The van der Waals surface area contributed by atoms with Crippen molar-refractivity contribution in [2.75, 3.05) is 0 Å². The third-order valence-corrected chi connectivity index (χ3v) is 4.88. The molecule has 1 rings (SSSR count). The van der Waals surface area contributed by atoms with Gasteiger partial charge in [-0.1, -0.05) is 53.4 Å². The van der Waals surface area contributed by atoms with Crippen molar-refractivity contribution >= 4 is 6.79 Å². The number of rotatable bonds is 12. The summed E-state index contributed by atoms with van der Waals surface area (Å²) in [5.41, 5.74) is 5.76. The first kappa shape index (κ1) is 23.7. The number of benzene rings is 1. The van der Waals surface area contributed by atoms with E-state index in [9.17, 15) is 5.11 Å². The Morgan fingerprint density at radius 2 is 1.08 bits per heavy atom. The van der Waals surface area contributed by atoms with Crippen LogP contribution in [0.5, 0.6) is 5.75 Å². The fraction of sp³-hybridized carbons (Fsp3) is 0.696. The molecule has 0 unspecified atom stereocenters.